The van der Waals surface area contributed by atoms with Crippen molar-refractivity contribution in [2.75, 3.05) is 33.2 Å². The zero-order valence-electron chi connectivity index (χ0n) is 20.3. The zero-order valence-corrected chi connectivity index (χ0v) is 21.1. The van der Waals surface area contributed by atoms with Crippen molar-refractivity contribution in [3.63, 3.8) is 0 Å². The lowest BCUT2D eigenvalue weighted by Crippen LogP contribution is -2.58. The molecule has 0 spiro atoms. The van der Waals surface area contributed by atoms with E-state index in [0.717, 1.165) is 32.1 Å². The third-order valence-electron chi connectivity index (χ3n) is 6.86. The molecule has 4 rings (SSSR count). The summed E-state index contributed by atoms with van der Waals surface area (Å²) in [7, 11) is 4.58. The van der Waals surface area contributed by atoms with E-state index in [-0.39, 0.29) is 29.9 Å². The number of carbonyl (C=O) groups is 2. The first kappa shape index (κ1) is 25.1. The number of piperidine rings is 2. The van der Waals surface area contributed by atoms with Gasteiger partial charge in [-0.25, -0.2) is 0 Å². The number of nitrogens with one attached hydrogen (secondary N) is 2. The van der Waals surface area contributed by atoms with Gasteiger partial charge in [-0.3, -0.25) is 14.5 Å². The van der Waals surface area contributed by atoms with Crippen molar-refractivity contribution >= 4 is 29.1 Å². The highest BCUT2D eigenvalue weighted by Crippen LogP contribution is 2.39. The van der Waals surface area contributed by atoms with Crippen molar-refractivity contribution < 1.29 is 23.8 Å². The van der Waals surface area contributed by atoms with Gasteiger partial charge in [0.25, 0.3) is 5.91 Å². The topological polar surface area (TPSA) is 89.1 Å². The van der Waals surface area contributed by atoms with Crippen LogP contribution < -0.4 is 24.8 Å². The van der Waals surface area contributed by atoms with Crippen molar-refractivity contribution in [1.82, 2.24) is 10.2 Å². The number of benzene rings is 2. The number of hydrogen-bond acceptors (Lipinski definition) is 6. The summed E-state index contributed by atoms with van der Waals surface area (Å²) in [6.07, 6.45) is 4.74. The first-order valence-corrected chi connectivity index (χ1v) is 12.2. The van der Waals surface area contributed by atoms with Gasteiger partial charge >= 0.3 is 0 Å². The number of ether oxygens (including phenoxy) is 3. The second kappa shape index (κ2) is 11.2. The van der Waals surface area contributed by atoms with E-state index in [1.165, 1.54) is 21.3 Å². The summed E-state index contributed by atoms with van der Waals surface area (Å²) < 4.78 is 16.1. The van der Waals surface area contributed by atoms with Gasteiger partial charge in [0, 0.05) is 23.7 Å². The molecule has 8 nitrogen and oxygen atoms in total. The number of rotatable bonds is 8. The van der Waals surface area contributed by atoms with Crippen molar-refractivity contribution in [1.29, 1.82) is 0 Å². The van der Waals surface area contributed by atoms with Crippen LogP contribution in [-0.4, -0.2) is 62.7 Å². The van der Waals surface area contributed by atoms with Gasteiger partial charge in [0.1, 0.15) is 0 Å². The number of halogens is 1. The van der Waals surface area contributed by atoms with E-state index in [4.69, 9.17) is 25.8 Å². The SMILES string of the molecule is COc1cc(C(=O)NC2C[C@@H]3CCC[C@@H](C2)N3CC(=O)Nc2ccccc2Cl)cc(OC)c1OC. The number of fused-ring (bicyclic) bond motifs is 2. The van der Waals surface area contributed by atoms with Crippen LogP contribution in [0.3, 0.4) is 0 Å². The van der Waals surface area contributed by atoms with E-state index in [2.05, 4.69) is 15.5 Å². The van der Waals surface area contributed by atoms with Gasteiger partial charge in [0.15, 0.2) is 11.5 Å². The van der Waals surface area contributed by atoms with E-state index in [1.807, 2.05) is 12.1 Å². The summed E-state index contributed by atoms with van der Waals surface area (Å²) in [5, 5.41) is 6.64. The predicted molar refractivity (Wildman–Crippen MR) is 135 cm³/mol. The van der Waals surface area contributed by atoms with E-state index >= 15 is 0 Å². The predicted octanol–water partition coefficient (Wildman–Crippen LogP) is 4.12. The summed E-state index contributed by atoms with van der Waals surface area (Å²) in [5.41, 5.74) is 1.07. The Balaban J connectivity index is 1.41. The van der Waals surface area contributed by atoms with E-state index in [9.17, 15) is 9.59 Å². The molecule has 2 amide bonds. The molecule has 0 unspecified atom stereocenters. The molecule has 2 N–H and O–H groups in total. The second-order valence-corrected chi connectivity index (χ2v) is 9.40. The van der Waals surface area contributed by atoms with Gasteiger partial charge in [-0.1, -0.05) is 30.2 Å². The van der Waals surface area contributed by atoms with Crippen molar-refractivity contribution in [3.05, 3.63) is 47.0 Å². The van der Waals surface area contributed by atoms with E-state index < -0.39 is 0 Å². The van der Waals surface area contributed by atoms with Gasteiger partial charge in [0.05, 0.1) is 38.6 Å². The van der Waals surface area contributed by atoms with Crippen LogP contribution in [0.4, 0.5) is 5.69 Å². The molecule has 2 aromatic carbocycles. The minimum Gasteiger partial charge on any atom is -0.493 e. The van der Waals surface area contributed by atoms with Crippen molar-refractivity contribution in [2.45, 2.75) is 50.2 Å². The monoisotopic (exact) mass is 501 g/mol. The number of amides is 2. The van der Waals surface area contributed by atoms with E-state index in [0.29, 0.717) is 40.1 Å². The van der Waals surface area contributed by atoms with E-state index in [1.54, 1.807) is 24.3 Å². The highest BCUT2D eigenvalue weighted by molar-refractivity contribution is 6.33. The third-order valence-corrected chi connectivity index (χ3v) is 7.19. The lowest BCUT2D eigenvalue weighted by Gasteiger charge is -2.48. The number of nitrogens with zero attached hydrogens (tertiary/aromatic N) is 1. The van der Waals surface area contributed by atoms with Crippen LogP contribution >= 0.6 is 11.6 Å². The second-order valence-electron chi connectivity index (χ2n) is 8.99. The summed E-state index contributed by atoms with van der Waals surface area (Å²) in [4.78, 5) is 28.2. The van der Waals surface area contributed by atoms with Crippen LogP contribution in [0.1, 0.15) is 42.5 Å². The Morgan fingerprint density at radius 1 is 1.00 bits per heavy atom. The molecule has 0 aliphatic carbocycles. The number of anilines is 1. The molecule has 2 atom stereocenters. The maximum atomic E-state index is 13.1. The highest BCUT2D eigenvalue weighted by Gasteiger charge is 2.39. The van der Waals surface area contributed by atoms with Gasteiger partial charge in [-0.2, -0.15) is 0 Å². The molecule has 9 heteroatoms. The Hall–Kier alpha value is -2.97. The van der Waals surface area contributed by atoms with Gasteiger partial charge in [-0.15, -0.1) is 0 Å². The molecule has 0 saturated carbocycles. The summed E-state index contributed by atoms with van der Waals surface area (Å²) in [5.74, 6) is 1.07. The fourth-order valence-corrected chi connectivity index (χ4v) is 5.44. The minimum atomic E-state index is -0.183. The number of para-hydroxylation sites is 1. The Morgan fingerprint density at radius 3 is 2.20 bits per heavy atom. The first-order valence-electron chi connectivity index (χ1n) is 11.8. The Bertz CT molecular complexity index is 1040. The summed E-state index contributed by atoms with van der Waals surface area (Å²) in [6.45, 7) is 0.314. The average Bonchev–Trinajstić information content (AvgIpc) is 2.84. The Labute approximate surface area is 210 Å². The summed E-state index contributed by atoms with van der Waals surface area (Å²) >= 11 is 6.19. The fourth-order valence-electron chi connectivity index (χ4n) is 5.25. The molecule has 2 bridgehead atoms. The molecule has 2 fully saturated rings. The van der Waals surface area contributed by atoms with Gasteiger partial charge in [-0.05, 0) is 49.9 Å². The maximum Gasteiger partial charge on any atom is 0.251 e. The fraction of sp³-hybridized carbons (Fsp3) is 0.462. The van der Waals surface area contributed by atoms with Crippen molar-refractivity contribution in [3.8, 4) is 17.2 Å². The lowest BCUT2D eigenvalue weighted by molar-refractivity contribution is -0.120. The number of hydrogen-bond donors (Lipinski definition) is 2. The van der Waals surface area contributed by atoms with Crippen molar-refractivity contribution in [2.24, 2.45) is 0 Å². The van der Waals surface area contributed by atoms with Gasteiger partial charge < -0.3 is 24.8 Å². The lowest BCUT2D eigenvalue weighted by atomic mass is 9.81. The molecule has 0 aromatic heterocycles. The number of carbonyl (C=O) groups excluding carboxylic acids is 2. The molecule has 2 saturated heterocycles. The van der Waals surface area contributed by atoms with Crippen LogP contribution in [0.15, 0.2) is 36.4 Å². The molecule has 2 aliphatic heterocycles. The van der Waals surface area contributed by atoms with Crippen LogP contribution in [0.25, 0.3) is 0 Å². The molecule has 188 valence electrons. The normalized spacial score (nSPS) is 21.7. The molecule has 35 heavy (non-hydrogen) atoms. The standard InChI is InChI=1S/C26H32ClN3O5/c1-33-22-11-16(12-23(34-2)25(22)35-3)26(32)28-17-13-18-7-6-8-19(14-17)30(18)15-24(31)29-21-10-5-4-9-20(21)27/h4-5,9-12,17-19H,6-8,13-15H2,1-3H3,(H,28,32)(H,29,31)/t18-,19-/m0/s1. The zero-order chi connectivity index (χ0) is 24.9. The van der Waals surface area contributed by atoms with Crippen LogP contribution in [0.5, 0.6) is 17.2 Å². The summed E-state index contributed by atoms with van der Waals surface area (Å²) in [6, 6.07) is 11.1. The van der Waals surface area contributed by atoms with Crippen LogP contribution in [0.2, 0.25) is 5.02 Å². The van der Waals surface area contributed by atoms with Gasteiger partial charge in [0.2, 0.25) is 11.7 Å². The molecular formula is C26H32ClN3O5. The smallest absolute Gasteiger partial charge is 0.251 e. The molecule has 2 aromatic rings. The highest BCUT2D eigenvalue weighted by atomic mass is 35.5. The minimum absolute atomic E-state index is 0.0276. The molecular weight excluding hydrogens is 470 g/mol. The molecule has 2 aliphatic rings. The third kappa shape index (κ3) is 5.65. The van der Waals surface area contributed by atoms with Crippen LogP contribution in [-0.2, 0) is 4.79 Å². The quantitative estimate of drug-likeness (QED) is 0.565. The Morgan fingerprint density at radius 2 is 1.63 bits per heavy atom. The Kier molecular flexibility index (Phi) is 8.03. The molecule has 2 heterocycles. The number of methoxy groups -OCH3 is 3. The average molecular weight is 502 g/mol. The van der Waals surface area contributed by atoms with Crippen LogP contribution in [0, 0.1) is 0 Å². The molecule has 0 radical (unpaired) electrons. The maximum absolute atomic E-state index is 13.1. The first-order chi connectivity index (χ1) is 16.9. The largest absolute Gasteiger partial charge is 0.493 e.